The SMILES string of the molecule is O=C(C1COCCN1)N1CCOC(c2ccccc2)C1. The highest BCUT2D eigenvalue weighted by atomic mass is 16.5. The molecule has 0 bridgehead atoms. The van der Waals surface area contributed by atoms with Crippen LogP contribution in [-0.2, 0) is 14.3 Å². The van der Waals surface area contributed by atoms with Crippen LogP contribution < -0.4 is 5.32 Å². The van der Waals surface area contributed by atoms with Gasteiger partial charge < -0.3 is 19.7 Å². The van der Waals surface area contributed by atoms with Gasteiger partial charge in [0.05, 0.1) is 26.4 Å². The third-order valence-corrected chi connectivity index (χ3v) is 3.77. The summed E-state index contributed by atoms with van der Waals surface area (Å²) < 4.78 is 11.2. The first kappa shape index (κ1) is 13.5. The smallest absolute Gasteiger partial charge is 0.242 e. The normalized spacial score (nSPS) is 27.3. The van der Waals surface area contributed by atoms with Crippen LogP contribution in [0.5, 0.6) is 0 Å². The number of nitrogens with zero attached hydrogens (tertiary/aromatic N) is 1. The second-order valence-electron chi connectivity index (χ2n) is 5.14. The number of benzene rings is 1. The first-order valence-corrected chi connectivity index (χ1v) is 7.11. The number of hydrogen-bond acceptors (Lipinski definition) is 4. The highest BCUT2D eigenvalue weighted by Gasteiger charge is 2.30. The molecule has 0 saturated carbocycles. The Balaban J connectivity index is 1.64. The molecule has 5 nitrogen and oxygen atoms in total. The lowest BCUT2D eigenvalue weighted by Gasteiger charge is -2.36. The Morgan fingerprint density at radius 3 is 2.85 bits per heavy atom. The standard InChI is InChI=1S/C15H20N2O3/c18-15(13-11-19-8-6-16-13)17-7-9-20-14(10-17)12-4-2-1-3-5-12/h1-5,13-14,16H,6-11H2. The van der Waals surface area contributed by atoms with Crippen molar-refractivity contribution in [3.8, 4) is 0 Å². The topological polar surface area (TPSA) is 50.8 Å². The van der Waals surface area contributed by atoms with Gasteiger partial charge in [0, 0.05) is 13.1 Å². The van der Waals surface area contributed by atoms with Crippen molar-refractivity contribution in [3.63, 3.8) is 0 Å². The van der Waals surface area contributed by atoms with Gasteiger partial charge in [0.15, 0.2) is 0 Å². The quantitative estimate of drug-likeness (QED) is 0.858. The zero-order valence-corrected chi connectivity index (χ0v) is 11.5. The van der Waals surface area contributed by atoms with E-state index >= 15 is 0 Å². The Bertz CT molecular complexity index is 446. The molecule has 2 fully saturated rings. The molecule has 108 valence electrons. The number of hydrogen-bond donors (Lipinski definition) is 1. The van der Waals surface area contributed by atoms with E-state index < -0.39 is 0 Å². The fourth-order valence-corrected chi connectivity index (χ4v) is 2.66. The van der Waals surface area contributed by atoms with Gasteiger partial charge in [-0.05, 0) is 5.56 Å². The molecule has 2 heterocycles. The highest BCUT2D eigenvalue weighted by molar-refractivity contribution is 5.82. The molecule has 0 spiro atoms. The molecule has 0 aromatic heterocycles. The molecule has 20 heavy (non-hydrogen) atoms. The largest absolute Gasteiger partial charge is 0.378 e. The molecular formula is C15H20N2O3. The van der Waals surface area contributed by atoms with Crippen molar-refractivity contribution in [1.82, 2.24) is 10.2 Å². The molecule has 0 radical (unpaired) electrons. The fraction of sp³-hybridized carbons (Fsp3) is 0.533. The van der Waals surface area contributed by atoms with E-state index in [1.54, 1.807) is 0 Å². The maximum atomic E-state index is 12.5. The summed E-state index contributed by atoms with van der Waals surface area (Å²) in [6.45, 7) is 3.73. The minimum Gasteiger partial charge on any atom is -0.378 e. The van der Waals surface area contributed by atoms with Crippen LogP contribution in [0, 0.1) is 0 Å². The lowest BCUT2D eigenvalue weighted by Crippen LogP contribution is -2.55. The summed E-state index contributed by atoms with van der Waals surface area (Å²) in [6.07, 6.45) is -0.0293. The van der Waals surface area contributed by atoms with Gasteiger partial charge in [-0.15, -0.1) is 0 Å². The summed E-state index contributed by atoms with van der Waals surface area (Å²) in [7, 11) is 0. The Morgan fingerprint density at radius 1 is 1.25 bits per heavy atom. The van der Waals surface area contributed by atoms with Gasteiger partial charge in [-0.1, -0.05) is 30.3 Å². The number of morpholine rings is 2. The maximum Gasteiger partial charge on any atom is 0.242 e. The average Bonchev–Trinajstić information content (AvgIpc) is 2.56. The van der Waals surface area contributed by atoms with Crippen molar-refractivity contribution in [2.24, 2.45) is 0 Å². The number of carbonyl (C=O) groups excluding carboxylic acids is 1. The molecule has 2 atom stereocenters. The van der Waals surface area contributed by atoms with Gasteiger partial charge in [0.2, 0.25) is 5.91 Å². The number of amides is 1. The van der Waals surface area contributed by atoms with E-state index in [9.17, 15) is 4.79 Å². The Kier molecular flexibility index (Phi) is 4.30. The van der Waals surface area contributed by atoms with Crippen LogP contribution in [0.1, 0.15) is 11.7 Å². The van der Waals surface area contributed by atoms with E-state index in [0.29, 0.717) is 32.9 Å². The van der Waals surface area contributed by atoms with Gasteiger partial charge in [0.1, 0.15) is 12.1 Å². The zero-order valence-electron chi connectivity index (χ0n) is 11.5. The van der Waals surface area contributed by atoms with E-state index in [-0.39, 0.29) is 18.1 Å². The Hall–Kier alpha value is -1.43. The second-order valence-corrected chi connectivity index (χ2v) is 5.14. The molecule has 2 aliphatic rings. The Morgan fingerprint density at radius 2 is 2.10 bits per heavy atom. The summed E-state index contributed by atoms with van der Waals surface area (Å²) in [4.78, 5) is 14.3. The Labute approximate surface area is 118 Å². The van der Waals surface area contributed by atoms with Crippen LogP contribution in [0.4, 0.5) is 0 Å². The molecule has 3 rings (SSSR count). The van der Waals surface area contributed by atoms with Crippen molar-refractivity contribution < 1.29 is 14.3 Å². The van der Waals surface area contributed by atoms with Crippen molar-refractivity contribution in [3.05, 3.63) is 35.9 Å². The summed E-state index contributed by atoms with van der Waals surface area (Å²) in [5.41, 5.74) is 1.12. The third-order valence-electron chi connectivity index (χ3n) is 3.77. The van der Waals surface area contributed by atoms with Crippen LogP contribution in [0.3, 0.4) is 0 Å². The van der Waals surface area contributed by atoms with E-state index in [2.05, 4.69) is 5.32 Å². The van der Waals surface area contributed by atoms with Crippen LogP contribution in [0.15, 0.2) is 30.3 Å². The molecule has 1 N–H and O–H groups in total. The van der Waals surface area contributed by atoms with E-state index in [1.165, 1.54) is 0 Å². The highest BCUT2D eigenvalue weighted by Crippen LogP contribution is 2.22. The fourth-order valence-electron chi connectivity index (χ4n) is 2.66. The zero-order chi connectivity index (χ0) is 13.8. The summed E-state index contributed by atoms with van der Waals surface area (Å²) >= 11 is 0. The molecule has 5 heteroatoms. The predicted molar refractivity (Wildman–Crippen MR) is 74.3 cm³/mol. The minimum absolute atomic E-state index is 0.0293. The van der Waals surface area contributed by atoms with Gasteiger partial charge >= 0.3 is 0 Å². The average molecular weight is 276 g/mol. The summed E-state index contributed by atoms with van der Waals surface area (Å²) in [6, 6.07) is 9.85. The van der Waals surface area contributed by atoms with Crippen LogP contribution in [-0.4, -0.2) is 56.3 Å². The predicted octanol–water partition coefficient (Wildman–Crippen LogP) is 0.575. The van der Waals surface area contributed by atoms with E-state index in [0.717, 1.165) is 12.1 Å². The third kappa shape index (κ3) is 3.00. The summed E-state index contributed by atoms with van der Waals surface area (Å²) in [5.74, 6) is 0.119. The van der Waals surface area contributed by atoms with Gasteiger partial charge in [-0.25, -0.2) is 0 Å². The lowest BCUT2D eigenvalue weighted by molar-refractivity contribution is -0.144. The minimum atomic E-state index is -0.210. The van der Waals surface area contributed by atoms with E-state index in [1.807, 2.05) is 35.2 Å². The second kappa shape index (κ2) is 6.35. The lowest BCUT2D eigenvalue weighted by atomic mass is 10.1. The van der Waals surface area contributed by atoms with E-state index in [4.69, 9.17) is 9.47 Å². The molecule has 1 aromatic carbocycles. The molecule has 2 unspecified atom stereocenters. The maximum absolute atomic E-state index is 12.5. The molecule has 0 aliphatic carbocycles. The van der Waals surface area contributed by atoms with Crippen molar-refractivity contribution in [1.29, 1.82) is 0 Å². The van der Waals surface area contributed by atoms with Gasteiger partial charge in [-0.3, -0.25) is 4.79 Å². The molecule has 2 saturated heterocycles. The van der Waals surface area contributed by atoms with Crippen LogP contribution >= 0.6 is 0 Å². The van der Waals surface area contributed by atoms with Gasteiger partial charge in [-0.2, -0.15) is 0 Å². The number of ether oxygens (including phenoxy) is 2. The first-order valence-electron chi connectivity index (χ1n) is 7.11. The van der Waals surface area contributed by atoms with Gasteiger partial charge in [0.25, 0.3) is 0 Å². The molecule has 1 aromatic rings. The number of nitrogens with one attached hydrogen (secondary N) is 1. The monoisotopic (exact) mass is 276 g/mol. The first-order chi connectivity index (χ1) is 9.84. The van der Waals surface area contributed by atoms with Crippen LogP contribution in [0.25, 0.3) is 0 Å². The van der Waals surface area contributed by atoms with Crippen LogP contribution in [0.2, 0.25) is 0 Å². The molecular weight excluding hydrogens is 256 g/mol. The summed E-state index contributed by atoms with van der Waals surface area (Å²) in [5, 5.41) is 3.21. The van der Waals surface area contributed by atoms with Crippen molar-refractivity contribution in [2.45, 2.75) is 12.1 Å². The van der Waals surface area contributed by atoms with Crippen molar-refractivity contribution in [2.75, 3.05) is 39.5 Å². The molecule has 2 aliphatic heterocycles. The number of rotatable bonds is 2. The molecule has 1 amide bonds. The van der Waals surface area contributed by atoms with Crippen molar-refractivity contribution >= 4 is 5.91 Å². The number of carbonyl (C=O) groups is 1.